The van der Waals surface area contributed by atoms with Crippen molar-refractivity contribution in [2.75, 3.05) is 13.1 Å². The number of piperidine rings is 1. The van der Waals surface area contributed by atoms with E-state index >= 15 is 0 Å². The summed E-state index contributed by atoms with van der Waals surface area (Å²) in [7, 11) is 0. The Morgan fingerprint density at radius 3 is 2.40 bits per heavy atom. The maximum absolute atomic E-state index is 11.0. The molecule has 0 radical (unpaired) electrons. The molecule has 0 aromatic heterocycles. The lowest BCUT2D eigenvalue weighted by Gasteiger charge is -2.46. The van der Waals surface area contributed by atoms with Gasteiger partial charge in [0.15, 0.2) is 0 Å². The zero-order valence-electron chi connectivity index (χ0n) is 13.4. The zero-order valence-corrected chi connectivity index (χ0v) is 13.4. The number of aliphatic hydroxyl groups is 1. The molecule has 20 heavy (non-hydrogen) atoms. The van der Waals surface area contributed by atoms with E-state index in [2.05, 4.69) is 50.8 Å². The lowest BCUT2D eigenvalue weighted by Crippen LogP contribution is -2.52. The molecule has 1 fully saturated rings. The molecule has 112 valence electrons. The summed E-state index contributed by atoms with van der Waals surface area (Å²) in [5.74, 6) is 0. The molecule has 2 rings (SSSR count). The van der Waals surface area contributed by atoms with Crippen molar-refractivity contribution < 1.29 is 5.11 Å². The van der Waals surface area contributed by atoms with Gasteiger partial charge >= 0.3 is 0 Å². The summed E-state index contributed by atoms with van der Waals surface area (Å²) in [6, 6.07) is 6.38. The maximum atomic E-state index is 11.0. The van der Waals surface area contributed by atoms with Crippen LogP contribution in [0.2, 0.25) is 0 Å². The van der Waals surface area contributed by atoms with Crippen molar-refractivity contribution in [3.8, 4) is 0 Å². The van der Waals surface area contributed by atoms with E-state index in [1.54, 1.807) is 0 Å². The Bertz CT molecular complexity index is 451. The number of rotatable bonds is 4. The Morgan fingerprint density at radius 1 is 1.20 bits per heavy atom. The highest BCUT2D eigenvalue weighted by atomic mass is 16.3. The fraction of sp³-hybridized carbons (Fsp3) is 0.667. The quantitative estimate of drug-likeness (QED) is 0.898. The summed E-state index contributed by atoms with van der Waals surface area (Å²) in [6.07, 6.45) is 4.41. The first-order valence-corrected chi connectivity index (χ1v) is 7.99. The van der Waals surface area contributed by atoms with Crippen LogP contribution in [-0.4, -0.2) is 28.6 Å². The van der Waals surface area contributed by atoms with Gasteiger partial charge in [-0.05, 0) is 64.3 Å². The van der Waals surface area contributed by atoms with Crippen molar-refractivity contribution in [3.05, 3.63) is 34.9 Å². The monoisotopic (exact) mass is 275 g/mol. The van der Waals surface area contributed by atoms with E-state index < -0.39 is 6.10 Å². The summed E-state index contributed by atoms with van der Waals surface area (Å²) < 4.78 is 0. The molecule has 2 unspecified atom stereocenters. The number of benzene rings is 1. The summed E-state index contributed by atoms with van der Waals surface area (Å²) in [5.41, 5.74) is 3.40. The first-order valence-electron chi connectivity index (χ1n) is 7.99. The Kier molecular flexibility index (Phi) is 4.87. The van der Waals surface area contributed by atoms with Gasteiger partial charge < -0.3 is 5.11 Å². The number of aliphatic hydroxyl groups excluding tert-OH is 1. The van der Waals surface area contributed by atoms with Crippen molar-refractivity contribution in [2.45, 2.75) is 65.0 Å². The van der Waals surface area contributed by atoms with E-state index in [0.29, 0.717) is 0 Å². The molecule has 0 spiro atoms. The molecule has 2 atom stereocenters. The highest BCUT2D eigenvalue weighted by molar-refractivity contribution is 5.33. The van der Waals surface area contributed by atoms with Crippen LogP contribution >= 0.6 is 0 Å². The molecular formula is C18H29NO. The lowest BCUT2D eigenvalue weighted by molar-refractivity contribution is -0.0355. The number of hydrogen-bond acceptors (Lipinski definition) is 2. The normalized spacial score (nSPS) is 21.4. The largest absolute Gasteiger partial charge is 0.386 e. The summed E-state index contributed by atoms with van der Waals surface area (Å²) >= 11 is 0. The fourth-order valence-electron chi connectivity index (χ4n) is 3.46. The maximum Gasteiger partial charge on any atom is 0.0973 e. The van der Waals surface area contributed by atoms with Gasteiger partial charge in [0.05, 0.1) is 6.10 Å². The van der Waals surface area contributed by atoms with Crippen LogP contribution in [0, 0.1) is 13.8 Å². The number of likely N-dealkylation sites (tertiary alicyclic amines) is 1. The van der Waals surface area contributed by atoms with E-state index in [4.69, 9.17) is 0 Å². The van der Waals surface area contributed by atoms with Gasteiger partial charge in [0, 0.05) is 5.54 Å². The molecule has 1 aliphatic heterocycles. The van der Waals surface area contributed by atoms with Crippen LogP contribution in [0.1, 0.15) is 62.3 Å². The summed E-state index contributed by atoms with van der Waals surface area (Å²) in [4.78, 5) is 2.50. The Balaban J connectivity index is 2.29. The van der Waals surface area contributed by atoms with Crippen molar-refractivity contribution in [2.24, 2.45) is 0 Å². The topological polar surface area (TPSA) is 23.5 Å². The second-order valence-electron chi connectivity index (χ2n) is 6.52. The lowest BCUT2D eigenvalue weighted by atomic mass is 9.82. The third-order valence-electron chi connectivity index (χ3n) is 5.10. The standard InChI is InChI=1S/C18H29NO/c1-5-18(4,19-11-7-6-8-12-19)17(20)16-10-9-14(2)13-15(16)3/h9-10,13,17,20H,5-8,11-12H2,1-4H3. The summed E-state index contributed by atoms with van der Waals surface area (Å²) in [5, 5.41) is 11.0. The highest BCUT2D eigenvalue weighted by Crippen LogP contribution is 2.37. The van der Waals surface area contributed by atoms with Crippen molar-refractivity contribution in [3.63, 3.8) is 0 Å². The number of hydrogen-bond donors (Lipinski definition) is 1. The van der Waals surface area contributed by atoms with Gasteiger partial charge in [-0.15, -0.1) is 0 Å². The second kappa shape index (κ2) is 6.28. The molecule has 1 saturated heterocycles. The molecule has 0 amide bonds. The van der Waals surface area contributed by atoms with Gasteiger partial charge in [-0.2, -0.15) is 0 Å². The van der Waals surface area contributed by atoms with E-state index in [-0.39, 0.29) is 5.54 Å². The third kappa shape index (κ3) is 2.91. The molecule has 1 aliphatic rings. The molecule has 0 bridgehead atoms. The van der Waals surface area contributed by atoms with Crippen LogP contribution in [0.25, 0.3) is 0 Å². The minimum Gasteiger partial charge on any atom is -0.386 e. The van der Waals surface area contributed by atoms with Gasteiger partial charge in [0.1, 0.15) is 0 Å². The number of aryl methyl sites for hydroxylation is 2. The SMILES string of the molecule is CCC(C)(C(O)c1ccc(C)cc1C)N1CCCCC1. The minimum absolute atomic E-state index is 0.152. The van der Waals surface area contributed by atoms with Gasteiger partial charge in [-0.25, -0.2) is 0 Å². The molecule has 1 aromatic rings. The minimum atomic E-state index is -0.411. The fourth-order valence-corrected chi connectivity index (χ4v) is 3.46. The van der Waals surface area contributed by atoms with E-state index in [0.717, 1.165) is 25.1 Å². The van der Waals surface area contributed by atoms with Crippen LogP contribution in [0.3, 0.4) is 0 Å². The molecule has 2 heteroatoms. The third-order valence-corrected chi connectivity index (χ3v) is 5.10. The molecule has 0 aliphatic carbocycles. The molecule has 2 nitrogen and oxygen atoms in total. The van der Waals surface area contributed by atoms with E-state index in [1.807, 2.05) is 0 Å². The van der Waals surface area contributed by atoms with Crippen LogP contribution < -0.4 is 0 Å². The Labute approximate surface area is 123 Å². The van der Waals surface area contributed by atoms with Crippen LogP contribution in [0.15, 0.2) is 18.2 Å². The van der Waals surface area contributed by atoms with Crippen LogP contribution in [0.4, 0.5) is 0 Å². The number of nitrogens with zero attached hydrogens (tertiary/aromatic N) is 1. The molecule has 1 heterocycles. The Hall–Kier alpha value is -0.860. The predicted molar refractivity (Wildman–Crippen MR) is 85.0 cm³/mol. The average molecular weight is 275 g/mol. The molecular weight excluding hydrogens is 246 g/mol. The summed E-state index contributed by atoms with van der Waals surface area (Å²) in [6.45, 7) is 10.9. The van der Waals surface area contributed by atoms with Crippen molar-refractivity contribution in [1.29, 1.82) is 0 Å². The van der Waals surface area contributed by atoms with Gasteiger partial charge in [0.2, 0.25) is 0 Å². The molecule has 0 saturated carbocycles. The van der Waals surface area contributed by atoms with Crippen molar-refractivity contribution >= 4 is 0 Å². The van der Waals surface area contributed by atoms with Crippen LogP contribution in [-0.2, 0) is 0 Å². The molecule has 1 aromatic carbocycles. The van der Waals surface area contributed by atoms with Gasteiger partial charge in [0.25, 0.3) is 0 Å². The van der Waals surface area contributed by atoms with Gasteiger partial charge in [-0.3, -0.25) is 4.90 Å². The smallest absolute Gasteiger partial charge is 0.0973 e. The van der Waals surface area contributed by atoms with E-state index in [1.165, 1.54) is 30.4 Å². The Morgan fingerprint density at radius 2 is 1.85 bits per heavy atom. The van der Waals surface area contributed by atoms with Crippen molar-refractivity contribution in [1.82, 2.24) is 4.90 Å². The molecule has 1 N–H and O–H groups in total. The first-order chi connectivity index (χ1) is 9.49. The van der Waals surface area contributed by atoms with Crippen LogP contribution in [0.5, 0.6) is 0 Å². The highest BCUT2D eigenvalue weighted by Gasteiger charge is 2.39. The van der Waals surface area contributed by atoms with Gasteiger partial charge in [-0.1, -0.05) is 37.1 Å². The zero-order chi connectivity index (χ0) is 14.8. The van der Waals surface area contributed by atoms with E-state index in [9.17, 15) is 5.11 Å². The first kappa shape index (κ1) is 15.5. The average Bonchev–Trinajstić information content (AvgIpc) is 2.46. The second-order valence-corrected chi connectivity index (χ2v) is 6.52. The predicted octanol–water partition coefficient (Wildman–Crippen LogP) is 3.99.